The molecule has 144 valence electrons. The van der Waals surface area contributed by atoms with Crippen LogP contribution in [-0.4, -0.2) is 37.4 Å². The van der Waals surface area contributed by atoms with Gasteiger partial charge in [-0.25, -0.2) is 8.42 Å². The molecule has 0 unspecified atom stereocenters. The number of hydrazine groups is 1. The third-order valence-corrected chi connectivity index (χ3v) is 4.44. The molecule has 0 radical (unpaired) electrons. The van der Waals surface area contributed by atoms with Gasteiger partial charge in [0.25, 0.3) is 5.69 Å². The molecule has 0 bridgehead atoms. The molecule has 0 atom stereocenters. The van der Waals surface area contributed by atoms with Crippen LogP contribution in [-0.2, 0) is 10.1 Å². The van der Waals surface area contributed by atoms with Crippen molar-refractivity contribution in [2.75, 3.05) is 19.1 Å². The SMILES string of the molecule is CCN=[N+](Nc1cc(Cl)ccc1OC)c1ccc(S(=O)(=O)[O-])cc1C(=O)[O-].[K+].[K+]. The van der Waals surface area contributed by atoms with E-state index in [4.69, 9.17) is 16.3 Å². The minimum Gasteiger partial charge on any atom is -0.744 e. The second-order valence-corrected chi connectivity index (χ2v) is 6.96. The third-order valence-electron chi connectivity index (χ3n) is 3.38. The number of anilines is 1. The molecule has 0 aliphatic heterocycles. The summed E-state index contributed by atoms with van der Waals surface area (Å²) in [6.45, 7) is 1.96. The molecular formula is C16H15ClK2N3O6S+. The van der Waals surface area contributed by atoms with Gasteiger partial charge in [0, 0.05) is 15.9 Å². The van der Waals surface area contributed by atoms with E-state index in [-0.39, 0.29) is 115 Å². The van der Waals surface area contributed by atoms with Crippen molar-refractivity contribution in [3.05, 3.63) is 47.0 Å². The van der Waals surface area contributed by atoms with Gasteiger partial charge in [0.05, 0.1) is 23.5 Å². The van der Waals surface area contributed by atoms with E-state index in [1.54, 1.807) is 19.1 Å². The average molecular weight is 491 g/mol. The average Bonchev–Trinajstić information content (AvgIpc) is 2.60. The molecule has 1 N–H and O–H groups in total. The molecule has 2 aromatic rings. The number of benzene rings is 2. The Labute approximate surface area is 258 Å². The number of nitrogens with zero attached hydrogens (tertiary/aromatic N) is 2. The van der Waals surface area contributed by atoms with Crippen molar-refractivity contribution in [3.8, 4) is 5.75 Å². The van der Waals surface area contributed by atoms with E-state index < -0.39 is 26.5 Å². The number of carboxylic acid groups (broad SMARTS) is 1. The Kier molecular flexibility index (Phi) is 13.5. The summed E-state index contributed by atoms with van der Waals surface area (Å²) in [6, 6.07) is 7.59. The molecule has 0 aromatic heterocycles. The van der Waals surface area contributed by atoms with E-state index >= 15 is 0 Å². The summed E-state index contributed by atoms with van der Waals surface area (Å²) in [7, 11) is -3.40. The van der Waals surface area contributed by atoms with Gasteiger partial charge in [0.15, 0.2) is 0 Å². The minimum absolute atomic E-state index is 0. The standard InChI is InChI=1S/C16H16ClN3O6S.2K/c1-3-18-20(19-13-8-10(17)4-7-15(13)26-2)14-6-5-11(27(23,24)25)9-12(14)16(21)22;;/h4-9H,3H2,1-2H3,(H2-,18,19,21,22,23,24,25);;/q;2*+1/p-1. The van der Waals surface area contributed by atoms with E-state index in [1.807, 2.05) is 0 Å². The van der Waals surface area contributed by atoms with Gasteiger partial charge >= 0.3 is 103 Å². The van der Waals surface area contributed by atoms with Crippen LogP contribution in [0.4, 0.5) is 11.4 Å². The summed E-state index contributed by atoms with van der Waals surface area (Å²) < 4.78 is 38.7. The van der Waals surface area contributed by atoms with E-state index in [1.165, 1.54) is 13.2 Å². The number of azo groups is 1. The van der Waals surface area contributed by atoms with Crippen LogP contribution in [0.5, 0.6) is 5.75 Å². The molecule has 0 saturated carbocycles. The first-order valence-electron chi connectivity index (χ1n) is 7.56. The smallest absolute Gasteiger partial charge is 0.744 e. The molecule has 29 heavy (non-hydrogen) atoms. The van der Waals surface area contributed by atoms with E-state index in [2.05, 4.69) is 10.5 Å². The zero-order valence-corrected chi connectivity index (χ0v) is 24.1. The van der Waals surface area contributed by atoms with Gasteiger partial charge in [-0.3, -0.25) is 0 Å². The summed E-state index contributed by atoms with van der Waals surface area (Å²) in [6.07, 6.45) is 0. The molecule has 0 saturated heterocycles. The van der Waals surface area contributed by atoms with Gasteiger partial charge in [0.1, 0.15) is 28.1 Å². The zero-order chi connectivity index (χ0) is 20.2. The molecule has 2 rings (SSSR count). The van der Waals surface area contributed by atoms with Crippen LogP contribution in [0.25, 0.3) is 0 Å². The summed E-state index contributed by atoms with van der Waals surface area (Å²) in [5.74, 6) is -1.27. The maximum Gasteiger partial charge on any atom is 1.00 e. The monoisotopic (exact) mass is 490 g/mol. The van der Waals surface area contributed by atoms with Gasteiger partial charge in [-0.1, -0.05) is 11.6 Å². The molecule has 0 aliphatic carbocycles. The number of aromatic carboxylic acids is 1. The van der Waals surface area contributed by atoms with Crippen molar-refractivity contribution >= 4 is 39.1 Å². The second-order valence-electron chi connectivity index (χ2n) is 5.15. The van der Waals surface area contributed by atoms with Crippen molar-refractivity contribution in [1.29, 1.82) is 0 Å². The molecule has 0 aliphatic rings. The Morgan fingerprint density at radius 2 is 1.90 bits per heavy atom. The number of hydrogen-bond acceptors (Lipinski definition) is 7. The number of carboxylic acids is 1. The summed E-state index contributed by atoms with van der Waals surface area (Å²) in [4.78, 5) is 11.9. The molecule has 9 nitrogen and oxygen atoms in total. The number of carbonyl (C=O) groups excluding carboxylic acids is 1. The number of carbonyl (C=O) groups is 1. The third kappa shape index (κ3) is 8.22. The van der Waals surface area contributed by atoms with Gasteiger partial charge in [0.2, 0.25) is 0 Å². The van der Waals surface area contributed by atoms with Crippen LogP contribution in [0.2, 0.25) is 5.02 Å². The van der Waals surface area contributed by atoms with E-state index in [0.717, 1.165) is 23.0 Å². The quantitative estimate of drug-likeness (QED) is 0.137. The Balaban J connectivity index is 0.00000392. The number of rotatable bonds is 7. The molecule has 0 spiro atoms. The van der Waals surface area contributed by atoms with Crippen molar-refractivity contribution in [2.45, 2.75) is 11.8 Å². The zero-order valence-electron chi connectivity index (χ0n) is 16.3. The van der Waals surface area contributed by atoms with Crippen LogP contribution in [0.15, 0.2) is 46.4 Å². The molecule has 2 aromatic carbocycles. The molecule has 13 heteroatoms. The number of nitrogens with one attached hydrogen (secondary N) is 1. The van der Waals surface area contributed by atoms with Crippen molar-refractivity contribution in [1.82, 2.24) is 0 Å². The van der Waals surface area contributed by atoms with Crippen LogP contribution in [0, 0.1) is 0 Å². The first-order valence-corrected chi connectivity index (χ1v) is 9.35. The van der Waals surface area contributed by atoms with Crippen molar-refractivity contribution < 1.29 is 135 Å². The Hall–Kier alpha value is 0.583. The van der Waals surface area contributed by atoms with E-state index in [0.29, 0.717) is 16.5 Å². The molecular weight excluding hydrogens is 476 g/mol. The van der Waals surface area contributed by atoms with Crippen LogP contribution < -0.4 is 118 Å². The fourth-order valence-corrected chi connectivity index (χ4v) is 2.88. The first kappa shape index (κ1) is 29.6. The number of halogens is 1. The predicted octanol–water partition coefficient (Wildman–Crippen LogP) is -4.23. The number of ether oxygens (including phenoxy) is 1. The fourth-order valence-electron chi connectivity index (χ4n) is 2.21. The van der Waals surface area contributed by atoms with Gasteiger partial charge in [-0.2, -0.15) is 0 Å². The van der Waals surface area contributed by atoms with Gasteiger partial charge in [-0.05, 0) is 42.4 Å². The maximum absolute atomic E-state index is 11.5. The van der Waals surface area contributed by atoms with E-state index in [9.17, 15) is 22.9 Å². The predicted molar refractivity (Wildman–Crippen MR) is 93.3 cm³/mol. The maximum atomic E-state index is 11.5. The fraction of sp³-hybridized carbons (Fsp3) is 0.188. The largest absolute Gasteiger partial charge is 1.00 e. The van der Waals surface area contributed by atoms with Crippen LogP contribution in [0.1, 0.15) is 17.3 Å². The molecule has 0 amide bonds. The Morgan fingerprint density at radius 3 is 2.41 bits per heavy atom. The Morgan fingerprint density at radius 1 is 1.24 bits per heavy atom. The Bertz CT molecular complexity index is 1020. The van der Waals surface area contributed by atoms with Crippen LogP contribution >= 0.6 is 11.6 Å². The molecule has 0 fully saturated rings. The topological polar surface area (TPSA) is 134 Å². The van der Waals surface area contributed by atoms with Crippen molar-refractivity contribution in [2.24, 2.45) is 5.11 Å². The summed E-state index contributed by atoms with van der Waals surface area (Å²) >= 11 is 5.98. The van der Waals surface area contributed by atoms with Crippen LogP contribution in [0.3, 0.4) is 0 Å². The minimum atomic E-state index is -4.84. The number of methoxy groups -OCH3 is 1. The van der Waals surface area contributed by atoms with Crippen molar-refractivity contribution in [3.63, 3.8) is 0 Å². The van der Waals surface area contributed by atoms with Gasteiger partial charge in [-0.15, -0.1) is 5.43 Å². The first-order chi connectivity index (χ1) is 12.7. The summed E-state index contributed by atoms with van der Waals surface area (Å²) in [5.41, 5.74) is 2.66. The van der Waals surface area contributed by atoms with Gasteiger partial charge < -0.3 is 19.2 Å². The normalized spacial score (nSPS) is 11.1. The summed E-state index contributed by atoms with van der Waals surface area (Å²) in [5, 5.41) is 16.0. The molecule has 0 heterocycles. The number of hydrogen-bond donors (Lipinski definition) is 1. The second kappa shape index (κ2) is 13.2.